The molecule has 3 aliphatic heterocycles. The van der Waals surface area contributed by atoms with Crippen molar-refractivity contribution in [3.8, 4) is 0 Å². The number of carbonyl (C=O) groups excluding carboxylic acids is 3. The molecule has 0 radical (unpaired) electrons. The summed E-state index contributed by atoms with van der Waals surface area (Å²) in [5, 5.41) is 12.2. The molecule has 4 aromatic rings. The highest BCUT2D eigenvalue weighted by atomic mass is 32.2. The zero-order valence-corrected chi connectivity index (χ0v) is 45.3. The smallest absolute Gasteiger partial charge is 0.333 e. The molecule has 6 N–H and O–H groups in total. The number of Topliss-reactive ketones (excluding diaryl/α,β-unsaturated/α-hetero) is 1. The maximum Gasteiger partial charge on any atom is 0.333 e. The van der Waals surface area contributed by atoms with E-state index >= 15 is 0 Å². The molecule has 0 spiro atoms. The third-order valence-electron chi connectivity index (χ3n) is 14.1. The van der Waals surface area contributed by atoms with Gasteiger partial charge in [-0.15, -0.1) is 5.06 Å². The maximum absolute atomic E-state index is 14.7. The van der Waals surface area contributed by atoms with Gasteiger partial charge in [-0.1, -0.05) is 26.5 Å². The summed E-state index contributed by atoms with van der Waals surface area (Å²) in [5.41, 5.74) is -2.10. The molecule has 8 rings (SSSR count). The second kappa shape index (κ2) is 19.6. The number of anilines is 1. The van der Waals surface area contributed by atoms with E-state index in [2.05, 4.69) is 6.58 Å². The monoisotopic (exact) mass is 1160 g/mol. The summed E-state index contributed by atoms with van der Waals surface area (Å²) in [6.07, 6.45) is 2.12. The van der Waals surface area contributed by atoms with Crippen molar-refractivity contribution in [2.75, 3.05) is 37.5 Å². The van der Waals surface area contributed by atoms with Crippen LogP contribution in [0.1, 0.15) is 70.4 Å². The van der Waals surface area contributed by atoms with Crippen LogP contribution in [0.4, 0.5) is 11.4 Å². The predicted octanol–water partition coefficient (Wildman–Crippen LogP) is 5.03. The van der Waals surface area contributed by atoms with Gasteiger partial charge in [0.25, 0.3) is 56.5 Å². The molecular formula is C48H50N3O21S5+. The predicted molar refractivity (Wildman–Crippen MR) is 274 cm³/mol. The van der Waals surface area contributed by atoms with Gasteiger partial charge in [0.05, 0.1) is 37.8 Å². The number of ether oxygens (including phenoxy) is 1. The van der Waals surface area contributed by atoms with Gasteiger partial charge in [0.2, 0.25) is 11.5 Å². The van der Waals surface area contributed by atoms with Crippen LogP contribution in [0.15, 0.2) is 115 Å². The molecule has 4 aromatic carbocycles. The van der Waals surface area contributed by atoms with Gasteiger partial charge in [-0.05, 0) is 91.4 Å². The van der Waals surface area contributed by atoms with Crippen LogP contribution < -0.4 is 4.90 Å². The Morgan fingerprint density at radius 1 is 0.753 bits per heavy atom. The summed E-state index contributed by atoms with van der Waals surface area (Å²) < 4.78 is 183. The molecule has 1 fully saturated rings. The highest BCUT2D eigenvalue weighted by Crippen LogP contribution is 2.54. The summed E-state index contributed by atoms with van der Waals surface area (Å²) in [6.45, 7) is 8.36. The van der Waals surface area contributed by atoms with Crippen LogP contribution in [0.2, 0.25) is 0 Å². The quantitative estimate of drug-likeness (QED) is 0.0432. The summed E-state index contributed by atoms with van der Waals surface area (Å²) in [7, 11) is -23.9. The minimum Gasteiger partial charge on any atom is -0.506 e. The fourth-order valence-corrected chi connectivity index (χ4v) is 13.8. The molecule has 0 aromatic heterocycles. The summed E-state index contributed by atoms with van der Waals surface area (Å²) >= 11 is 0. The van der Waals surface area contributed by atoms with Crippen molar-refractivity contribution in [1.29, 1.82) is 0 Å². The fourth-order valence-electron chi connectivity index (χ4n) is 10.6. The first-order chi connectivity index (χ1) is 35.5. The van der Waals surface area contributed by atoms with Crippen LogP contribution in [-0.2, 0) is 85.4 Å². The summed E-state index contributed by atoms with van der Waals surface area (Å²) in [4.78, 5) is 43.3. The molecule has 1 saturated heterocycles. The molecule has 77 heavy (non-hydrogen) atoms. The zero-order valence-electron chi connectivity index (χ0n) is 41.2. The van der Waals surface area contributed by atoms with Crippen LogP contribution in [0.3, 0.4) is 0 Å². The van der Waals surface area contributed by atoms with Crippen LogP contribution >= 0.6 is 0 Å². The first-order valence-corrected chi connectivity index (χ1v) is 30.5. The van der Waals surface area contributed by atoms with E-state index in [4.69, 9.17) is 9.57 Å². The number of nitrogens with zero attached hydrogens (tertiary/aromatic N) is 3. The molecule has 24 nitrogen and oxygen atoms in total. The Hall–Kier alpha value is -6.25. The van der Waals surface area contributed by atoms with E-state index in [9.17, 15) is 84.3 Å². The second-order valence-electron chi connectivity index (χ2n) is 19.4. The van der Waals surface area contributed by atoms with Gasteiger partial charge in [0.15, 0.2) is 12.3 Å². The molecule has 1 aliphatic carbocycles. The van der Waals surface area contributed by atoms with Crippen LogP contribution in [0, 0.1) is 0 Å². The van der Waals surface area contributed by atoms with E-state index in [0.717, 1.165) is 17.2 Å². The number of hydrogen-bond donors (Lipinski definition) is 6. The Kier molecular flexibility index (Phi) is 14.5. The average molecular weight is 1170 g/mol. The lowest BCUT2D eigenvalue weighted by Gasteiger charge is -2.29. The number of amides is 1. The Labute approximate surface area is 442 Å². The Balaban J connectivity index is 1.30. The number of benzene rings is 4. The molecule has 1 amide bonds. The molecule has 1 unspecified atom stereocenters. The number of hydrogen-bond acceptors (Lipinski definition) is 17. The first kappa shape index (κ1) is 56.9. The van der Waals surface area contributed by atoms with Gasteiger partial charge in [-0.2, -0.15) is 46.7 Å². The number of rotatable bonds is 18. The van der Waals surface area contributed by atoms with Gasteiger partial charge in [0, 0.05) is 71.8 Å². The number of methoxy groups -OCH3 is 1. The number of ketones is 1. The molecule has 412 valence electrons. The molecule has 0 bridgehead atoms. The van der Waals surface area contributed by atoms with Gasteiger partial charge in [0.1, 0.15) is 22.2 Å². The van der Waals surface area contributed by atoms with Gasteiger partial charge >= 0.3 is 5.97 Å². The summed E-state index contributed by atoms with van der Waals surface area (Å²) in [6, 6.07) is 8.49. The lowest BCUT2D eigenvalue weighted by molar-refractivity contribution is -0.441. The van der Waals surface area contributed by atoms with Crippen molar-refractivity contribution in [1.82, 2.24) is 5.06 Å². The normalized spacial score (nSPS) is 20.1. The number of allylic oxidation sites excluding steroid dienone is 6. The zero-order chi connectivity index (χ0) is 56.9. The van der Waals surface area contributed by atoms with Crippen molar-refractivity contribution in [3.63, 3.8) is 0 Å². The average Bonchev–Trinajstić information content (AvgIpc) is 3.86. The molecule has 4 aliphatic rings. The molecule has 29 heteroatoms. The summed E-state index contributed by atoms with van der Waals surface area (Å²) in [5.74, 6) is -3.50. The van der Waals surface area contributed by atoms with Crippen LogP contribution in [0.25, 0.3) is 21.5 Å². The Morgan fingerprint density at radius 2 is 1.32 bits per heavy atom. The van der Waals surface area contributed by atoms with E-state index < -0.39 is 110 Å². The van der Waals surface area contributed by atoms with Gasteiger partial charge in [-0.3, -0.25) is 32.4 Å². The minimum atomic E-state index is -5.20. The number of carbonyl (C=O) groups is 3. The molecule has 1 atom stereocenters. The van der Waals surface area contributed by atoms with Crippen molar-refractivity contribution in [3.05, 3.63) is 107 Å². The third-order valence-corrected chi connectivity index (χ3v) is 18.3. The topological polar surface area (TPSA) is 371 Å². The van der Waals surface area contributed by atoms with Crippen molar-refractivity contribution in [2.24, 2.45) is 0 Å². The molecule has 3 heterocycles. The first-order valence-electron chi connectivity index (χ1n) is 23.1. The van der Waals surface area contributed by atoms with Crippen LogP contribution in [0.5, 0.6) is 0 Å². The van der Waals surface area contributed by atoms with Gasteiger partial charge in [-0.25, -0.2) is 4.79 Å². The highest BCUT2D eigenvalue weighted by Gasteiger charge is 2.51. The lowest BCUT2D eigenvalue weighted by atomic mass is 9.72. The number of aliphatic hydroxyl groups is 1. The lowest BCUT2D eigenvalue weighted by Crippen LogP contribution is -2.35. The largest absolute Gasteiger partial charge is 0.506 e. The number of aliphatic hydroxyl groups excluding tert-OH is 1. The van der Waals surface area contributed by atoms with E-state index in [-0.39, 0.29) is 131 Å². The SMILES string of the molecule is C=C1CCC(=O)N1OC(=O)CCCN1/C(=C/C2=C(O)C(=C/C3=[N+](CCOC)c4ccc5c(S(=O)(=O)O)cc(S(=O)(=O)O)cc5c4C3(C)CCCS(=O)(=O)O)/C2=O)C(C)(C)c2c1ccc1c(S(=O)(=O)O)cc(S(=O)(=O)O)cc21. The van der Waals surface area contributed by atoms with Gasteiger partial charge < -0.3 is 19.6 Å². The van der Waals surface area contributed by atoms with Crippen molar-refractivity contribution < 1.29 is 98.5 Å². The van der Waals surface area contributed by atoms with E-state index in [0.29, 0.717) is 12.1 Å². The number of hydroxylamine groups is 2. The molecule has 0 saturated carbocycles. The maximum atomic E-state index is 14.7. The Morgan fingerprint density at radius 3 is 1.83 bits per heavy atom. The van der Waals surface area contributed by atoms with E-state index in [1.54, 1.807) is 30.2 Å². The second-order valence-corrected chi connectivity index (χ2v) is 26.6. The van der Waals surface area contributed by atoms with Crippen LogP contribution in [-0.4, -0.2) is 136 Å². The van der Waals surface area contributed by atoms with E-state index in [1.807, 2.05) is 0 Å². The molecular weight excluding hydrogens is 1110 g/mol. The Bertz CT molecular complexity index is 4050. The van der Waals surface area contributed by atoms with Crippen molar-refractivity contribution in [2.45, 2.75) is 89.7 Å². The minimum absolute atomic E-state index is 0.0117. The highest BCUT2D eigenvalue weighted by molar-refractivity contribution is 7.87. The number of fused-ring (bicyclic) bond motifs is 6. The van der Waals surface area contributed by atoms with Crippen molar-refractivity contribution >= 4 is 107 Å². The fraction of sp³-hybridized carbons (Fsp3) is 0.333. The third kappa shape index (κ3) is 10.5. The standard InChI is InChI=1S/C48H49N3O21S5/c1-26-9-14-41(52)51(26)72-42(53)8-6-16-49-35-12-10-29-31(20-27(74(59,60)61)22-37(29)76(65,66)67)43(35)47(2,3)39(49)24-33-45(54)34(46(33)55)25-40-48(4,15-7-19-73(56,57)58)44-32-21-28(75(62,63)64)23-38(77(68,69)70)30(32)11-13-36(44)50(40)17-18-71-5/h10-13,20-25H,1,6-9,14-19H2,2-5H3,(H5-,54,55,56,57,58,59,60,61,62,63,64,65,66,67,68,69,70)/p+1. The van der Waals surface area contributed by atoms with E-state index in [1.165, 1.54) is 43.5 Å².